The standard InChI is InChI=1S/C60H114P/c1-3-5-7-9-11-13-15-17-19-21-23-25-27-29-31-33-35-37-39-41-43-45-47-49-51-53-55-57-59-61-60-58-56-54-52-50-48-46-44-42-40-38-36-34-32-30-28-26-24-22-20-18-16-14-12-10-8-6-4-2/h3-56H2,1-2H3. The normalized spacial score (nSPS) is 11.2. The average molecular weight is 867 g/mol. The zero-order chi connectivity index (χ0) is 43.7. The van der Waals surface area contributed by atoms with Crippen LogP contribution in [0.3, 0.4) is 0 Å². The molecule has 0 aliphatic rings. The Bertz CT molecular complexity index is 811. The maximum atomic E-state index is 3.36. The van der Waals surface area contributed by atoms with Gasteiger partial charge in [-0.3, -0.25) is 0 Å². The fraction of sp³-hybridized carbons (Fsp3) is 0.933. The highest BCUT2D eigenvalue weighted by Gasteiger charge is 1.99. The molecular weight excluding hydrogens is 752 g/mol. The third-order valence-corrected chi connectivity index (χ3v) is 14.1. The summed E-state index contributed by atoms with van der Waals surface area (Å²) in [6, 6.07) is 0. The first-order valence-electron chi connectivity index (χ1n) is 29.1. The molecule has 0 N–H and O–H groups in total. The minimum atomic E-state index is 1.02. The largest absolute Gasteiger partial charge is 0.0995 e. The van der Waals surface area contributed by atoms with E-state index in [2.05, 4.69) is 37.0 Å². The van der Waals surface area contributed by atoms with Gasteiger partial charge in [0.1, 0.15) is 0 Å². The topological polar surface area (TPSA) is 0 Å². The van der Waals surface area contributed by atoms with Crippen LogP contribution in [0.2, 0.25) is 0 Å². The van der Waals surface area contributed by atoms with Crippen LogP contribution in [-0.4, -0.2) is 0 Å². The van der Waals surface area contributed by atoms with Crippen LogP contribution in [0.25, 0.3) is 0 Å². The summed E-state index contributed by atoms with van der Waals surface area (Å²) >= 11 is 0. The van der Waals surface area contributed by atoms with Gasteiger partial charge >= 0.3 is 0 Å². The molecule has 0 fully saturated rings. The Hall–Kier alpha value is -0.450. The van der Waals surface area contributed by atoms with Crippen molar-refractivity contribution in [3.05, 3.63) is 0 Å². The van der Waals surface area contributed by atoms with E-state index < -0.39 is 0 Å². The lowest BCUT2D eigenvalue weighted by Gasteiger charge is -2.04. The zero-order valence-corrected chi connectivity index (χ0v) is 43.5. The molecule has 0 amide bonds. The molecule has 0 heterocycles. The zero-order valence-electron chi connectivity index (χ0n) is 42.6. The van der Waals surface area contributed by atoms with E-state index in [1.165, 1.54) is 334 Å². The van der Waals surface area contributed by atoms with Crippen molar-refractivity contribution in [3.8, 4) is 23.2 Å². The summed E-state index contributed by atoms with van der Waals surface area (Å²) in [5.74, 6) is 6.72. The van der Waals surface area contributed by atoms with Gasteiger partial charge in [-0.05, 0) is 12.8 Å². The molecule has 359 valence electrons. The quantitative estimate of drug-likeness (QED) is 0.0325. The Kier molecular flexibility index (Phi) is 59.1. The van der Waals surface area contributed by atoms with Crippen molar-refractivity contribution in [2.45, 2.75) is 361 Å². The van der Waals surface area contributed by atoms with Gasteiger partial charge in [0.05, 0.1) is 8.58 Å². The van der Waals surface area contributed by atoms with Crippen LogP contribution < -0.4 is 0 Å². The first-order chi connectivity index (χ1) is 30.4. The maximum absolute atomic E-state index is 3.36. The van der Waals surface area contributed by atoms with E-state index in [0.717, 1.165) is 21.4 Å². The Morgan fingerprint density at radius 1 is 0.180 bits per heavy atom. The van der Waals surface area contributed by atoms with Crippen LogP contribution >= 0.6 is 8.58 Å². The summed E-state index contributed by atoms with van der Waals surface area (Å²) in [6.45, 7) is 4.62. The second kappa shape index (κ2) is 59.5. The summed E-state index contributed by atoms with van der Waals surface area (Å²) in [4.78, 5) is 0. The molecule has 0 bridgehead atoms. The fourth-order valence-corrected chi connectivity index (χ4v) is 9.71. The van der Waals surface area contributed by atoms with Crippen molar-refractivity contribution in [2.75, 3.05) is 0 Å². The molecule has 1 heteroatoms. The molecule has 0 aliphatic carbocycles. The smallest absolute Gasteiger partial charge is 0.0972 e. The van der Waals surface area contributed by atoms with Gasteiger partial charge in [0.2, 0.25) is 0 Å². The molecule has 0 rings (SSSR count). The van der Waals surface area contributed by atoms with Crippen molar-refractivity contribution in [2.24, 2.45) is 0 Å². The monoisotopic (exact) mass is 866 g/mol. The predicted octanol–water partition coefficient (Wildman–Crippen LogP) is 23.0. The lowest BCUT2D eigenvalue weighted by molar-refractivity contribution is 0.515. The van der Waals surface area contributed by atoms with Gasteiger partial charge in [-0.25, -0.2) is 0 Å². The summed E-state index contributed by atoms with van der Waals surface area (Å²) < 4.78 is 0. The Balaban J connectivity index is 3.17. The van der Waals surface area contributed by atoms with Crippen molar-refractivity contribution in [1.82, 2.24) is 0 Å². The molecule has 0 saturated carbocycles. The summed E-state index contributed by atoms with van der Waals surface area (Å²) in [6.07, 6.45) is 77.7. The van der Waals surface area contributed by atoms with E-state index in [-0.39, 0.29) is 0 Å². The third-order valence-electron chi connectivity index (χ3n) is 13.6. The van der Waals surface area contributed by atoms with Crippen LogP contribution in [-0.2, 0) is 0 Å². The van der Waals surface area contributed by atoms with Gasteiger partial charge in [-0.2, -0.15) is 0 Å². The molecule has 0 aromatic rings. The van der Waals surface area contributed by atoms with Crippen molar-refractivity contribution < 1.29 is 0 Å². The van der Waals surface area contributed by atoms with E-state index >= 15 is 0 Å². The van der Waals surface area contributed by atoms with E-state index in [0.29, 0.717) is 0 Å². The van der Waals surface area contributed by atoms with Crippen molar-refractivity contribution in [3.63, 3.8) is 0 Å². The molecule has 1 radical (unpaired) electrons. The molecule has 0 atom stereocenters. The van der Waals surface area contributed by atoms with E-state index in [1.54, 1.807) is 0 Å². The van der Waals surface area contributed by atoms with E-state index in [1.807, 2.05) is 0 Å². The lowest BCUT2D eigenvalue weighted by atomic mass is 10.0. The lowest BCUT2D eigenvalue weighted by Crippen LogP contribution is -1.84. The van der Waals surface area contributed by atoms with Crippen molar-refractivity contribution >= 4 is 8.58 Å². The highest BCUT2D eigenvalue weighted by molar-refractivity contribution is 7.49. The number of hydrogen-bond acceptors (Lipinski definition) is 0. The molecule has 0 aromatic carbocycles. The number of unbranched alkanes of at least 4 members (excludes halogenated alkanes) is 52. The van der Waals surface area contributed by atoms with Crippen LogP contribution in [0.5, 0.6) is 0 Å². The first kappa shape index (κ1) is 60.5. The maximum Gasteiger partial charge on any atom is 0.0995 e. The number of hydrogen-bond donors (Lipinski definition) is 0. The molecule has 0 nitrogen and oxygen atoms in total. The summed E-state index contributed by atoms with van der Waals surface area (Å²) in [7, 11) is 1.02. The summed E-state index contributed by atoms with van der Waals surface area (Å²) in [5, 5.41) is 0. The molecule has 0 saturated heterocycles. The van der Waals surface area contributed by atoms with Gasteiger partial charge < -0.3 is 0 Å². The van der Waals surface area contributed by atoms with E-state index in [9.17, 15) is 0 Å². The van der Waals surface area contributed by atoms with Gasteiger partial charge in [0.15, 0.2) is 0 Å². The number of rotatable bonds is 52. The van der Waals surface area contributed by atoms with Crippen LogP contribution in [0, 0.1) is 23.2 Å². The highest BCUT2D eigenvalue weighted by atomic mass is 31.1. The van der Waals surface area contributed by atoms with Crippen LogP contribution in [0.1, 0.15) is 361 Å². The van der Waals surface area contributed by atoms with E-state index in [4.69, 9.17) is 0 Å². The van der Waals surface area contributed by atoms with Gasteiger partial charge in [-0.1, -0.05) is 358 Å². The van der Waals surface area contributed by atoms with Gasteiger partial charge in [0.25, 0.3) is 0 Å². The molecular formula is C60H114P. The molecule has 0 aromatic heterocycles. The van der Waals surface area contributed by atoms with Gasteiger partial charge in [-0.15, -0.1) is 0 Å². The predicted molar refractivity (Wildman–Crippen MR) is 283 cm³/mol. The second-order valence-electron chi connectivity index (χ2n) is 19.9. The molecule has 61 heavy (non-hydrogen) atoms. The minimum Gasteiger partial charge on any atom is -0.0972 e. The second-order valence-corrected chi connectivity index (χ2v) is 20.5. The van der Waals surface area contributed by atoms with Crippen LogP contribution in [0.4, 0.5) is 0 Å². The summed E-state index contributed by atoms with van der Waals surface area (Å²) in [5.41, 5.74) is 6.55. The molecule has 0 unspecified atom stereocenters. The Morgan fingerprint density at radius 2 is 0.311 bits per heavy atom. The Labute approximate surface area is 390 Å². The Morgan fingerprint density at radius 3 is 0.459 bits per heavy atom. The highest BCUT2D eigenvalue weighted by Crippen LogP contribution is 2.18. The van der Waals surface area contributed by atoms with Crippen LogP contribution in [0.15, 0.2) is 0 Å². The minimum absolute atomic E-state index is 1.02. The fourth-order valence-electron chi connectivity index (χ4n) is 9.28. The molecule has 0 spiro atoms. The first-order valence-corrected chi connectivity index (χ1v) is 30.0. The third kappa shape index (κ3) is 59.5. The van der Waals surface area contributed by atoms with Gasteiger partial charge in [0, 0.05) is 12.8 Å². The average Bonchev–Trinajstić information content (AvgIpc) is 3.27. The van der Waals surface area contributed by atoms with Crippen molar-refractivity contribution in [1.29, 1.82) is 0 Å². The molecule has 0 aliphatic heterocycles. The SMILES string of the molecule is CCCCCCCCCCCCCCCCCCCCCCCCCCCCC#C[P]C#CCCCCCCCCCCCCCCCCCCCCCCCCCCCC.